The predicted molar refractivity (Wildman–Crippen MR) is 243 cm³/mol. The van der Waals surface area contributed by atoms with Crippen molar-refractivity contribution in [2.24, 2.45) is 0 Å². The molecule has 3 aromatic carbocycles. The maximum absolute atomic E-state index is 14.9. The number of fused-ring (bicyclic) bond motifs is 5. The molecule has 12 heteroatoms. The van der Waals surface area contributed by atoms with Crippen LogP contribution in [0.25, 0.3) is 0 Å². The first-order valence-electron chi connectivity index (χ1n) is 22.5. The molecule has 0 bridgehead atoms. The van der Waals surface area contributed by atoms with Crippen LogP contribution in [0.2, 0.25) is 0 Å². The van der Waals surface area contributed by atoms with E-state index in [0.717, 1.165) is 97.6 Å². The molecular formula is C50H57BrFN7O3. The normalized spacial score (nSPS) is 24.2. The van der Waals surface area contributed by atoms with Gasteiger partial charge < -0.3 is 24.2 Å². The minimum atomic E-state index is -0.831. The lowest BCUT2D eigenvalue weighted by atomic mass is 9.71. The summed E-state index contributed by atoms with van der Waals surface area (Å²) in [5.41, 5.74) is 9.84. The van der Waals surface area contributed by atoms with Crippen LogP contribution in [-0.4, -0.2) is 82.5 Å². The van der Waals surface area contributed by atoms with E-state index in [1.165, 1.54) is 22.3 Å². The van der Waals surface area contributed by atoms with E-state index in [2.05, 4.69) is 116 Å². The Morgan fingerprint density at radius 1 is 0.968 bits per heavy atom. The van der Waals surface area contributed by atoms with E-state index in [9.17, 15) is 9.18 Å². The van der Waals surface area contributed by atoms with Gasteiger partial charge in [-0.15, -0.1) is 0 Å². The van der Waals surface area contributed by atoms with E-state index in [1.54, 1.807) is 19.0 Å². The Balaban J connectivity index is 1.04. The molecule has 5 aromatic rings. The van der Waals surface area contributed by atoms with Gasteiger partial charge in [0.05, 0.1) is 35.8 Å². The number of pyridine rings is 1. The Morgan fingerprint density at radius 3 is 2.47 bits per heavy atom. The molecule has 0 unspecified atom stereocenters. The highest BCUT2D eigenvalue weighted by atomic mass is 79.9. The number of hydrogen-bond donors (Lipinski definition) is 0. The molecule has 2 aromatic heterocycles. The van der Waals surface area contributed by atoms with Gasteiger partial charge in [0.15, 0.2) is 5.69 Å². The molecule has 0 radical (unpaired) electrons. The Morgan fingerprint density at radius 2 is 1.73 bits per heavy atom. The lowest BCUT2D eigenvalue weighted by Gasteiger charge is -2.46. The zero-order valence-corrected chi connectivity index (χ0v) is 37.7. The van der Waals surface area contributed by atoms with E-state index >= 15 is 0 Å². The minimum absolute atomic E-state index is 0.102. The molecule has 1 amide bonds. The van der Waals surface area contributed by atoms with Crippen LogP contribution < -0.4 is 14.5 Å². The molecule has 0 N–H and O–H groups in total. The monoisotopic (exact) mass is 901 g/mol. The summed E-state index contributed by atoms with van der Waals surface area (Å²) in [6.45, 7) is 8.17. The maximum atomic E-state index is 14.9. The highest BCUT2D eigenvalue weighted by molar-refractivity contribution is 9.10. The molecule has 2 saturated heterocycles. The summed E-state index contributed by atoms with van der Waals surface area (Å²) in [7, 11) is 3.52. The van der Waals surface area contributed by atoms with Crippen LogP contribution in [0.3, 0.4) is 0 Å². The molecule has 10 nitrogen and oxygen atoms in total. The number of alkyl halides is 1. The summed E-state index contributed by atoms with van der Waals surface area (Å²) in [6, 6.07) is 30.0. The molecule has 324 valence electrons. The number of hydrogen-bond acceptors (Lipinski definition) is 8. The van der Waals surface area contributed by atoms with Crippen molar-refractivity contribution in [1.29, 1.82) is 0 Å². The molecule has 10 rings (SSSR count). The summed E-state index contributed by atoms with van der Waals surface area (Å²) in [6.07, 6.45) is 4.99. The van der Waals surface area contributed by atoms with Gasteiger partial charge in [-0.2, -0.15) is 5.10 Å². The van der Waals surface area contributed by atoms with Gasteiger partial charge in [-0.3, -0.25) is 14.4 Å². The third-order valence-corrected chi connectivity index (χ3v) is 15.0. The lowest BCUT2D eigenvalue weighted by Crippen LogP contribution is -2.43. The Bertz CT molecular complexity index is 2410. The fourth-order valence-corrected chi connectivity index (χ4v) is 12.0. The van der Waals surface area contributed by atoms with Crippen molar-refractivity contribution in [2.45, 2.75) is 108 Å². The first kappa shape index (κ1) is 41.2. The number of rotatable bonds is 10. The number of benzene rings is 3. The van der Waals surface area contributed by atoms with Crippen molar-refractivity contribution in [2.75, 3.05) is 50.1 Å². The number of nitrogens with zero attached hydrogens (tertiary/aromatic N) is 7. The second-order valence-corrected chi connectivity index (χ2v) is 19.4. The summed E-state index contributed by atoms with van der Waals surface area (Å²) in [5.74, 6) is 0.844. The van der Waals surface area contributed by atoms with Gasteiger partial charge >= 0.3 is 0 Å². The molecule has 1 aliphatic carbocycles. The molecule has 2 fully saturated rings. The largest absolute Gasteiger partial charge is 0.476 e. The van der Waals surface area contributed by atoms with Crippen LogP contribution in [0.4, 0.5) is 15.8 Å². The van der Waals surface area contributed by atoms with Crippen molar-refractivity contribution in [1.82, 2.24) is 24.6 Å². The van der Waals surface area contributed by atoms with Crippen LogP contribution in [0.5, 0.6) is 5.88 Å². The van der Waals surface area contributed by atoms with E-state index in [4.69, 9.17) is 19.6 Å². The topological polar surface area (TPSA) is 79.2 Å². The first-order valence-corrected chi connectivity index (χ1v) is 23.2. The Labute approximate surface area is 373 Å². The third-order valence-electron chi connectivity index (χ3n) is 14.2. The molecule has 6 heterocycles. The van der Waals surface area contributed by atoms with Crippen molar-refractivity contribution in [3.05, 3.63) is 134 Å². The number of carbonyl (C=O) groups excluding carboxylic acids is 1. The number of carbonyl (C=O) groups is 1. The van der Waals surface area contributed by atoms with Gasteiger partial charge in [-0.1, -0.05) is 73.7 Å². The van der Waals surface area contributed by atoms with Crippen molar-refractivity contribution < 1.29 is 18.7 Å². The highest BCUT2D eigenvalue weighted by Gasteiger charge is 2.50. The summed E-state index contributed by atoms with van der Waals surface area (Å²) in [5, 5.41) is 4.73. The lowest BCUT2D eigenvalue weighted by molar-refractivity contribution is -0.0875. The summed E-state index contributed by atoms with van der Waals surface area (Å²) in [4.78, 5) is 27.1. The number of amides is 1. The molecule has 4 atom stereocenters. The van der Waals surface area contributed by atoms with Gasteiger partial charge in [0.1, 0.15) is 18.4 Å². The van der Waals surface area contributed by atoms with Gasteiger partial charge in [-0.05, 0) is 89.3 Å². The van der Waals surface area contributed by atoms with Gasteiger partial charge in [-0.25, -0.2) is 9.37 Å². The fraction of sp³-hybridized carbons (Fsp3) is 0.460. The Hall–Kier alpha value is -4.78. The summed E-state index contributed by atoms with van der Waals surface area (Å²) < 4.78 is 32.1. The second-order valence-electron chi connectivity index (χ2n) is 18.6. The minimum Gasteiger partial charge on any atom is -0.476 e. The molecule has 62 heavy (non-hydrogen) atoms. The molecule has 5 aliphatic rings. The van der Waals surface area contributed by atoms with Crippen LogP contribution in [-0.2, 0) is 49.5 Å². The molecular weight excluding hydrogens is 845 g/mol. The van der Waals surface area contributed by atoms with Crippen LogP contribution in [0.15, 0.2) is 89.4 Å². The number of anilines is 2. The van der Waals surface area contributed by atoms with E-state index in [-0.39, 0.29) is 11.4 Å². The maximum Gasteiger partial charge on any atom is 0.273 e. The van der Waals surface area contributed by atoms with E-state index in [1.807, 2.05) is 10.7 Å². The smallest absolute Gasteiger partial charge is 0.273 e. The van der Waals surface area contributed by atoms with Gasteiger partial charge in [0.25, 0.3) is 5.91 Å². The van der Waals surface area contributed by atoms with E-state index < -0.39 is 11.8 Å². The summed E-state index contributed by atoms with van der Waals surface area (Å²) >= 11 is 4.26. The molecule has 1 spiro atoms. The molecule has 4 aliphatic heterocycles. The predicted octanol–water partition coefficient (Wildman–Crippen LogP) is 9.18. The van der Waals surface area contributed by atoms with Crippen molar-refractivity contribution in [3.8, 4) is 5.88 Å². The average molecular weight is 903 g/mol. The zero-order chi connectivity index (χ0) is 42.6. The van der Waals surface area contributed by atoms with Crippen molar-refractivity contribution >= 4 is 33.2 Å². The van der Waals surface area contributed by atoms with Crippen LogP contribution in [0.1, 0.15) is 101 Å². The first-order chi connectivity index (χ1) is 30.1. The van der Waals surface area contributed by atoms with Crippen LogP contribution >= 0.6 is 15.9 Å². The average Bonchev–Trinajstić information content (AvgIpc) is 3.91. The van der Waals surface area contributed by atoms with Gasteiger partial charge in [0.2, 0.25) is 5.88 Å². The SMILES string of the molecule is C[C@H]1CC[C@]2(Cc3nc(OC[C@@]45CCCN4C[C@H](F)C5)cc(N4CCCn5nc(C(=O)N(C)C)cc5C4)c3CO2)c2c1ccc(N(Cc1ccccc1)Cc1ccccc1)c2Br. The quantitative estimate of drug-likeness (QED) is 0.137. The standard InChI is InChI=1S/C50H57BrFN7O3/c1-34-18-20-50(46-39(34)16-17-43(47(46)51)57(28-35-12-6-4-7-13-35)29-36-14-8-5-9-15-36)27-42-40(32-62-50)44(25-45(53-42)61-33-49-19-10-22-58(49)30-37(52)26-49)56-21-11-23-59-38(31-56)24-41(54-59)48(60)55(2)3/h4-9,12-17,24-25,34,37H,10-11,18-23,26-33H2,1-3H3/t34-,37+,49-,50-/m0/s1. The highest BCUT2D eigenvalue weighted by Crippen LogP contribution is 2.54. The van der Waals surface area contributed by atoms with Crippen molar-refractivity contribution in [3.63, 3.8) is 0 Å². The number of aromatic nitrogens is 3. The second kappa shape index (κ2) is 16.7. The third kappa shape index (κ3) is 7.70. The van der Waals surface area contributed by atoms with E-state index in [0.29, 0.717) is 56.6 Å². The molecule has 0 saturated carbocycles. The van der Waals surface area contributed by atoms with Gasteiger partial charge in [0, 0.05) is 87.0 Å². The van der Waals surface area contributed by atoms with Crippen LogP contribution in [0, 0.1) is 0 Å². The number of aryl methyl sites for hydroxylation is 1. The fourth-order valence-electron chi connectivity index (χ4n) is 11.0. The Kier molecular flexibility index (Phi) is 11.1. The number of ether oxygens (including phenoxy) is 2. The number of halogens is 2. The zero-order valence-electron chi connectivity index (χ0n) is 36.2.